The minimum absolute atomic E-state index is 0.347. The maximum Gasteiger partial charge on any atom is 0.333 e. The first-order chi connectivity index (χ1) is 9.56. The Labute approximate surface area is 116 Å². The van der Waals surface area contributed by atoms with Crippen molar-refractivity contribution < 1.29 is 8.78 Å². The summed E-state index contributed by atoms with van der Waals surface area (Å²) < 4.78 is 27.8. The van der Waals surface area contributed by atoms with E-state index in [1.54, 1.807) is 12.3 Å². The van der Waals surface area contributed by atoms with Gasteiger partial charge in [0.2, 0.25) is 0 Å². The molecule has 0 saturated carbocycles. The Kier molecular flexibility index (Phi) is 4.84. The van der Waals surface area contributed by atoms with Crippen LogP contribution in [-0.4, -0.2) is 19.6 Å². The van der Waals surface area contributed by atoms with Crippen LogP contribution in [-0.2, 0) is 19.6 Å². The number of hydrogen-bond donors (Lipinski definition) is 1. The van der Waals surface area contributed by atoms with Crippen LogP contribution in [0.1, 0.15) is 31.7 Å². The van der Waals surface area contributed by atoms with E-state index >= 15 is 0 Å². The molecule has 0 aliphatic carbocycles. The van der Waals surface area contributed by atoms with E-state index in [4.69, 9.17) is 0 Å². The van der Waals surface area contributed by atoms with Gasteiger partial charge in [-0.3, -0.25) is 4.68 Å². The second-order valence-electron chi connectivity index (χ2n) is 5.11. The second-order valence-corrected chi connectivity index (χ2v) is 5.11. The first kappa shape index (κ1) is 14.6. The summed E-state index contributed by atoms with van der Waals surface area (Å²) in [4.78, 5) is 0. The molecule has 0 spiro atoms. The Morgan fingerprint density at radius 2 is 2.05 bits per heavy atom. The van der Waals surface area contributed by atoms with Crippen LogP contribution in [0.15, 0.2) is 24.7 Å². The molecule has 0 bridgehead atoms. The summed E-state index contributed by atoms with van der Waals surface area (Å²) in [6.45, 7) is 3.47. The third-order valence-corrected chi connectivity index (χ3v) is 2.81. The number of nitrogens with one attached hydrogen (secondary N) is 1. The van der Waals surface area contributed by atoms with E-state index in [0.29, 0.717) is 24.7 Å². The smallest absolute Gasteiger partial charge is 0.307 e. The molecule has 0 fully saturated rings. The lowest BCUT2D eigenvalue weighted by molar-refractivity contribution is 0.0531. The fourth-order valence-corrected chi connectivity index (χ4v) is 1.96. The normalized spacial score (nSPS) is 11.7. The molecule has 0 aromatic carbocycles. The molecular formula is C13H19F2N5. The zero-order valence-corrected chi connectivity index (χ0v) is 11.6. The predicted molar refractivity (Wildman–Crippen MR) is 71.1 cm³/mol. The van der Waals surface area contributed by atoms with Gasteiger partial charge in [-0.15, -0.1) is 0 Å². The average molecular weight is 283 g/mol. The SMILES string of the molecule is CC(C)Cn1cc(CNCc2ccnn2C(F)F)cn1. The highest BCUT2D eigenvalue weighted by atomic mass is 19.3. The largest absolute Gasteiger partial charge is 0.333 e. The van der Waals surface area contributed by atoms with E-state index in [-0.39, 0.29) is 0 Å². The van der Waals surface area contributed by atoms with Gasteiger partial charge < -0.3 is 5.32 Å². The molecule has 2 aromatic rings. The van der Waals surface area contributed by atoms with E-state index in [2.05, 4.69) is 29.4 Å². The lowest BCUT2D eigenvalue weighted by Gasteiger charge is -2.07. The highest BCUT2D eigenvalue weighted by Crippen LogP contribution is 2.11. The predicted octanol–water partition coefficient (Wildman–Crippen LogP) is 2.42. The highest BCUT2D eigenvalue weighted by molar-refractivity contribution is 5.05. The van der Waals surface area contributed by atoms with Gasteiger partial charge in [0.15, 0.2) is 0 Å². The molecule has 0 aliphatic rings. The summed E-state index contributed by atoms with van der Waals surface area (Å²) in [6, 6.07) is 1.58. The van der Waals surface area contributed by atoms with Crippen molar-refractivity contribution in [2.24, 2.45) is 5.92 Å². The van der Waals surface area contributed by atoms with Crippen molar-refractivity contribution in [3.8, 4) is 0 Å². The maximum absolute atomic E-state index is 12.6. The van der Waals surface area contributed by atoms with Crippen LogP contribution in [0.25, 0.3) is 0 Å². The van der Waals surface area contributed by atoms with E-state index in [9.17, 15) is 8.78 Å². The molecule has 2 rings (SSSR count). The summed E-state index contributed by atoms with van der Waals surface area (Å²) in [5.41, 5.74) is 1.50. The summed E-state index contributed by atoms with van der Waals surface area (Å²) >= 11 is 0. The topological polar surface area (TPSA) is 47.7 Å². The second kappa shape index (κ2) is 6.60. The monoisotopic (exact) mass is 283 g/mol. The third-order valence-electron chi connectivity index (χ3n) is 2.81. The Hall–Kier alpha value is -1.76. The summed E-state index contributed by atoms with van der Waals surface area (Å²) in [5.74, 6) is 0.538. The number of halogens is 2. The summed E-state index contributed by atoms with van der Waals surface area (Å²) in [6.07, 6.45) is 5.14. The van der Waals surface area contributed by atoms with Crippen molar-refractivity contribution in [2.45, 2.75) is 40.0 Å². The van der Waals surface area contributed by atoms with E-state index in [1.807, 2.05) is 10.9 Å². The summed E-state index contributed by atoms with van der Waals surface area (Å²) in [7, 11) is 0. The number of hydrogen-bond acceptors (Lipinski definition) is 3. The van der Waals surface area contributed by atoms with Gasteiger partial charge in [0.25, 0.3) is 0 Å². The van der Waals surface area contributed by atoms with Gasteiger partial charge in [-0.05, 0) is 12.0 Å². The van der Waals surface area contributed by atoms with E-state index < -0.39 is 6.55 Å². The average Bonchev–Trinajstić information content (AvgIpc) is 2.98. The number of aromatic nitrogens is 4. The molecule has 0 saturated heterocycles. The number of alkyl halides is 2. The molecule has 7 heteroatoms. The zero-order valence-electron chi connectivity index (χ0n) is 11.6. The quantitative estimate of drug-likeness (QED) is 0.849. The standard InChI is InChI=1S/C13H19F2N5/c1-10(2)8-19-9-11(6-18-19)5-16-7-12-3-4-17-20(12)13(14)15/h3-4,6,9-10,13,16H,5,7-8H2,1-2H3. The van der Waals surface area contributed by atoms with Crippen LogP contribution in [0.4, 0.5) is 8.78 Å². The van der Waals surface area contributed by atoms with Crippen molar-refractivity contribution in [1.82, 2.24) is 24.9 Å². The Balaban J connectivity index is 1.83. The lowest BCUT2D eigenvalue weighted by atomic mass is 10.2. The molecular weight excluding hydrogens is 264 g/mol. The molecule has 110 valence electrons. The van der Waals surface area contributed by atoms with Crippen LogP contribution >= 0.6 is 0 Å². The highest BCUT2D eigenvalue weighted by Gasteiger charge is 2.11. The summed E-state index contributed by atoms with van der Waals surface area (Å²) in [5, 5.41) is 11.0. The van der Waals surface area contributed by atoms with Gasteiger partial charge in [0.05, 0.1) is 11.9 Å². The van der Waals surface area contributed by atoms with Crippen molar-refractivity contribution >= 4 is 0 Å². The molecule has 0 unspecified atom stereocenters. The molecule has 1 N–H and O–H groups in total. The van der Waals surface area contributed by atoms with Gasteiger partial charge in [-0.25, -0.2) is 4.68 Å². The Morgan fingerprint density at radius 1 is 1.25 bits per heavy atom. The Bertz CT molecular complexity index is 532. The van der Waals surface area contributed by atoms with Crippen molar-refractivity contribution in [3.05, 3.63) is 35.9 Å². The van der Waals surface area contributed by atoms with Gasteiger partial charge in [-0.1, -0.05) is 13.8 Å². The minimum atomic E-state index is -2.60. The van der Waals surface area contributed by atoms with Gasteiger partial charge in [-0.2, -0.15) is 19.0 Å². The first-order valence-electron chi connectivity index (χ1n) is 6.59. The number of rotatable bonds is 7. The molecule has 5 nitrogen and oxygen atoms in total. The van der Waals surface area contributed by atoms with E-state index in [1.165, 1.54) is 6.20 Å². The Morgan fingerprint density at radius 3 is 2.75 bits per heavy atom. The first-order valence-corrected chi connectivity index (χ1v) is 6.59. The van der Waals surface area contributed by atoms with Crippen molar-refractivity contribution in [1.29, 1.82) is 0 Å². The molecule has 0 amide bonds. The molecule has 2 heterocycles. The molecule has 0 aliphatic heterocycles. The molecule has 20 heavy (non-hydrogen) atoms. The van der Waals surface area contributed by atoms with Crippen LogP contribution in [0.3, 0.4) is 0 Å². The van der Waals surface area contributed by atoms with Crippen LogP contribution in [0.2, 0.25) is 0 Å². The molecule has 0 atom stereocenters. The minimum Gasteiger partial charge on any atom is -0.307 e. The van der Waals surface area contributed by atoms with Crippen LogP contribution < -0.4 is 5.32 Å². The van der Waals surface area contributed by atoms with Crippen molar-refractivity contribution in [3.63, 3.8) is 0 Å². The zero-order chi connectivity index (χ0) is 14.5. The maximum atomic E-state index is 12.6. The molecule has 2 aromatic heterocycles. The van der Waals surface area contributed by atoms with Crippen molar-refractivity contribution in [2.75, 3.05) is 0 Å². The van der Waals surface area contributed by atoms with Crippen LogP contribution in [0, 0.1) is 5.92 Å². The fourth-order valence-electron chi connectivity index (χ4n) is 1.96. The van der Waals surface area contributed by atoms with Crippen LogP contribution in [0.5, 0.6) is 0 Å². The fraction of sp³-hybridized carbons (Fsp3) is 0.538. The van der Waals surface area contributed by atoms with Gasteiger partial charge in [0, 0.05) is 37.6 Å². The van der Waals surface area contributed by atoms with Gasteiger partial charge in [0.1, 0.15) is 0 Å². The van der Waals surface area contributed by atoms with E-state index in [0.717, 1.165) is 16.8 Å². The molecule has 0 radical (unpaired) electrons. The van der Waals surface area contributed by atoms with Gasteiger partial charge >= 0.3 is 6.55 Å². The lowest BCUT2D eigenvalue weighted by Crippen LogP contribution is -2.16. The number of nitrogens with zero attached hydrogens (tertiary/aromatic N) is 4. The third kappa shape index (κ3) is 3.86.